The second-order valence-corrected chi connectivity index (χ2v) is 28.0. The van der Waals surface area contributed by atoms with Gasteiger partial charge >= 0.3 is 0 Å². The third kappa shape index (κ3) is 6.24. The Labute approximate surface area is 266 Å². The molecule has 0 unspecified atom stereocenters. The quantitative estimate of drug-likeness (QED) is 0.164. The minimum absolute atomic E-state index is 0.0740. The van der Waals surface area contributed by atoms with Crippen LogP contribution in [0.5, 0.6) is 11.5 Å². The Morgan fingerprint density at radius 2 is 1.26 bits per heavy atom. The number of benzene rings is 1. The lowest BCUT2D eigenvalue weighted by molar-refractivity contribution is -0.112. The summed E-state index contributed by atoms with van der Waals surface area (Å²) in [7, 11) is -4.36. The molecule has 240 valence electrons. The highest BCUT2D eigenvalue weighted by Gasteiger charge is 2.53. The topological polar surface area (TPSA) is 35.5 Å². The molecule has 5 saturated carbocycles. The number of aldehydes is 1. The second kappa shape index (κ2) is 11.2. The first-order valence-electron chi connectivity index (χ1n) is 17.4. The average molecular weight is 623 g/mol. The van der Waals surface area contributed by atoms with Crippen molar-refractivity contribution in [2.45, 2.75) is 154 Å². The van der Waals surface area contributed by atoms with Crippen LogP contribution in [0.15, 0.2) is 24.3 Å². The van der Waals surface area contributed by atoms with Crippen LogP contribution in [0.1, 0.15) is 123 Å². The van der Waals surface area contributed by atoms with Crippen molar-refractivity contribution in [1.29, 1.82) is 0 Å². The highest BCUT2D eigenvalue weighted by atomic mass is 28.4. The SMILES string of the molecule is C=C(C)[C@@H]1CC[C@@H](C=O)C[C@H]1c1c(O[Si](C)(C)C(C)(C)C)cc(C23CC4CC(CC(C4)C2)C3)cc1O[Si](C)(C)C(C)(C)C. The number of hydrogen-bond donors (Lipinski definition) is 0. The summed E-state index contributed by atoms with van der Waals surface area (Å²) in [4.78, 5) is 12.2. The van der Waals surface area contributed by atoms with Gasteiger partial charge in [-0.25, -0.2) is 0 Å². The lowest BCUT2D eigenvalue weighted by Crippen LogP contribution is -2.49. The van der Waals surface area contributed by atoms with Crippen LogP contribution < -0.4 is 8.85 Å². The van der Waals surface area contributed by atoms with Gasteiger partial charge in [-0.2, -0.15) is 0 Å². The summed E-state index contributed by atoms with van der Waals surface area (Å²) >= 11 is 0. The maximum atomic E-state index is 12.2. The minimum atomic E-state index is -2.18. The van der Waals surface area contributed by atoms with E-state index in [0.29, 0.717) is 5.92 Å². The number of carbonyl (C=O) groups is 1. The van der Waals surface area contributed by atoms with E-state index in [1.165, 1.54) is 61.5 Å². The summed E-state index contributed by atoms with van der Waals surface area (Å²) in [5, 5.41) is 0.153. The van der Waals surface area contributed by atoms with Crippen molar-refractivity contribution in [1.82, 2.24) is 0 Å². The van der Waals surface area contributed by atoms with Gasteiger partial charge < -0.3 is 13.6 Å². The van der Waals surface area contributed by atoms with Crippen LogP contribution in [0, 0.1) is 29.6 Å². The van der Waals surface area contributed by atoms with E-state index in [4.69, 9.17) is 8.85 Å². The third-order valence-electron chi connectivity index (χ3n) is 13.2. The van der Waals surface area contributed by atoms with Crippen LogP contribution in [0.2, 0.25) is 36.3 Å². The Hall–Kier alpha value is -1.34. The van der Waals surface area contributed by atoms with Crippen molar-refractivity contribution in [2.75, 3.05) is 0 Å². The molecule has 0 aliphatic heterocycles. The fraction of sp³-hybridized carbons (Fsp3) is 0.763. The van der Waals surface area contributed by atoms with Crippen molar-refractivity contribution < 1.29 is 13.6 Å². The van der Waals surface area contributed by atoms with Gasteiger partial charge in [0.1, 0.15) is 17.8 Å². The molecule has 0 heterocycles. The summed E-state index contributed by atoms with van der Waals surface area (Å²) in [5.41, 5.74) is 4.18. The number of allylic oxidation sites excluding steroid dienone is 1. The smallest absolute Gasteiger partial charge is 0.250 e. The van der Waals surface area contributed by atoms with Crippen molar-refractivity contribution in [3.05, 3.63) is 35.4 Å². The molecule has 4 bridgehead atoms. The third-order valence-corrected chi connectivity index (χ3v) is 21.9. The lowest BCUT2D eigenvalue weighted by Gasteiger charge is -2.57. The van der Waals surface area contributed by atoms with Crippen molar-refractivity contribution in [3.8, 4) is 11.5 Å². The largest absolute Gasteiger partial charge is 0.543 e. The normalized spacial score (nSPS) is 32.9. The number of carbonyl (C=O) groups excluding carboxylic acids is 1. The van der Waals surface area contributed by atoms with Gasteiger partial charge in [-0.1, -0.05) is 53.7 Å². The molecule has 0 aromatic heterocycles. The predicted molar refractivity (Wildman–Crippen MR) is 186 cm³/mol. The average Bonchev–Trinajstić information content (AvgIpc) is 2.85. The van der Waals surface area contributed by atoms with Crippen molar-refractivity contribution >= 4 is 22.9 Å². The van der Waals surface area contributed by atoms with Crippen LogP contribution in [0.25, 0.3) is 0 Å². The zero-order chi connectivity index (χ0) is 31.8. The zero-order valence-corrected chi connectivity index (χ0v) is 31.5. The highest BCUT2D eigenvalue weighted by molar-refractivity contribution is 6.75. The summed E-state index contributed by atoms with van der Waals surface area (Å²) in [5.74, 6) is 5.33. The summed E-state index contributed by atoms with van der Waals surface area (Å²) in [6, 6.07) is 5.00. The van der Waals surface area contributed by atoms with Crippen LogP contribution in [0.4, 0.5) is 0 Å². The molecule has 0 radical (unpaired) electrons. The molecule has 5 aliphatic carbocycles. The van der Waals surface area contributed by atoms with Gasteiger partial charge in [0.2, 0.25) is 16.6 Å². The monoisotopic (exact) mass is 622 g/mol. The van der Waals surface area contributed by atoms with Gasteiger partial charge in [0.05, 0.1) is 0 Å². The molecule has 0 amide bonds. The van der Waals surface area contributed by atoms with Crippen LogP contribution in [0.3, 0.4) is 0 Å². The van der Waals surface area contributed by atoms with Gasteiger partial charge in [-0.15, -0.1) is 0 Å². The Kier molecular flexibility index (Phi) is 8.59. The Morgan fingerprint density at radius 3 is 1.63 bits per heavy atom. The van der Waals surface area contributed by atoms with Crippen molar-refractivity contribution in [2.24, 2.45) is 29.6 Å². The molecule has 5 heteroatoms. The summed E-state index contributed by atoms with van der Waals surface area (Å²) < 4.78 is 14.9. The molecule has 43 heavy (non-hydrogen) atoms. The molecule has 0 N–H and O–H groups in total. The standard InChI is InChI=1S/C38H62O3Si2/c1-25(2)31-14-13-26(24-39)18-32(31)35-33(40-42(9,10)36(3,4)5)19-30(20-34(35)41-43(11,12)37(6,7)8)38-21-27-15-28(22-38)17-29(16-27)23-38/h19-20,24,26-29,31-32H,1,13-18,21-23H2,2-12H3/t26-,27?,28?,29?,31+,32-,38?/m1/s1. The summed E-state index contributed by atoms with van der Waals surface area (Å²) in [6.07, 6.45) is 12.3. The molecule has 3 atom stereocenters. The molecule has 6 rings (SSSR count). The molecule has 0 spiro atoms. The molecule has 1 aromatic carbocycles. The van der Waals surface area contributed by atoms with E-state index < -0.39 is 16.6 Å². The van der Waals surface area contributed by atoms with Gasteiger partial charge in [0, 0.05) is 11.5 Å². The highest BCUT2D eigenvalue weighted by Crippen LogP contribution is 2.62. The molecule has 5 fully saturated rings. The maximum Gasteiger partial charge on any atom is 0.250 e. The Bertz CT molecular complexity index is 1150. The molecule has 1 aromatic rings. The molecule has 0 saturated heterocycles. The van der Waals surface area contributed by atoms with E-state index in [1.54, 1.807) is 0 Å². The predicted octanol–water partition coefficient (Wildman–Crippen LogP) is 11.2. The summed E-state index contributed by atoms with van der Waals surface area (Å²) in [6.45, 7) is 30.3. The first-order chi connectivity index (χ1) is 19.7. The van der Waals surface area contributed by atoms with Crippen LogP contribution >= 0.6 is 0 Å². The number of rotatable bonds is 8. The molecular formula is C38H62O3Si2. The molecule has 5 aliphatic rings. The van der Waals surface area contributed by atoms with E-state index >= 15 is 0 Å². The fourth-order valence-electron chi connectivity index (χ4n) is 9.00. The Morgan fingerprint density at radius 1 is 0.814 bits per heavy atom. The van der Waals surface area contributed by atoms with E-state index in [9.17, 15) is 4.79 Å². The first-order valence-corrected chi connectivity index (χ1v) is 23.2. The molecular weight excluding hydrogens is 561 g/mol. The van der Waals surface area contributed by atoms with Gasteiger partial charge in [0.15, 0.2) is 0 Å². The lowest BCUT2D eigenvalue weighted by atomic mass is 9.48. The Balaban J connectivity index is 1.75. The first kappa shape index (κ1) is 33.0. The fourth-order valence-corrected chi connectivity index (χ4v) is 11.0. The molecule has 3 nitrogen and oxygen atoms in total. The van der Waals surface area contributed by atoms with E-state index in [2.05, 4.69) is 93.4 Å². The van der Waals surface area contributed by atoms with Crippen LogP contribution in [-0.4, -0.2) is 22.9 Å². The number of hydrogen-bond acceptors (Lipinski definition) is 3. The van der Waals surface area contributed by atoms with Gasteiger partial charge in [-0.3, -0.25) is 0 Å². The van der Waals surface area contributed by atoms with Crippen molar-refractivity contribution in [3.63, 3.8) is 0 Å². The van der Waals surface area contributed by atoms with E-state index in [0.717, 1.165) is 48.5 Å². The van der Waals surface area contributed by atoms with Gasteiger partial charge in [0.25, 0.3) is 0 Å². The second-order valence-electron chi connectivity index (χ2n) is 18.6. The van der Waals surface area contributed by atoms with E-state index in [-0.39, 0.29) is 27.3 Å². The van der Waals surface area contributed by atoms with Gasteiger partial charge in [-0.05, 0) is 154 Å². The van der Waals surface area contributed by atoms with E-state index in [1.807, 2.05) is 0 Å². The zero-order valence-electron chi connectivity index (χ0n) is 29.5. The maximum absolute atomic E-state index is 12.2. The van der Waals surface area contributed by atoms with Crippen LogP contribution in [-0.2, 0) is 10.2 Å². The minimum Gasteiger partial charge on any atom is -0.543 e.